The Morgan fingerprint density at radius 3 is 2.52 bits per heavy atom. The number of benzene rings is 3. The first-order valence-electron chi connectivity index (χ1n) is 13.7. The van der Waals surface area contributed by atoms with Gasteiger partial charge in [-0.3, -0.25) is 9.69 Å². The molecule has 1 atom stereocenters. The minimum Gasteiger partial charge on any atom is -0.495 e. The monoisotopic (exact) mass is 535 g/mol. The Kier molecular flexibility index (Phi) is 7.29. The Morgan fingerprint density at radius 1 is 0.950 bits per heavy atom. The number of aryl methyl sites for hydroxylation is 3. The van der Waals surface area contributed by atoms with E-state index in [1.54, 1.807) is 7.11 Å². The summed E-state index contributed by atoms with van der Waals surface area (Å²) in [6, 6.07) is 26.1. The molecule has 6 rings (SSSR count). The lowest BCUT2D eigenvalue weighted by molar-refractivity contribution is 0.199. The molecule has 0 unspecified atom stereocenters. The molecule has 2 aromatic heterocycles. The van der Waals surface area contributed by atoms with Gasteiger partial charge in [-0.1, -0.05) is 60.7 Å². The number of piperazine rings is 1. The van der Waals surface area contributed by atoms with E-state index in [1.165, 1.54) is 5.56 Å². The van der Waals surface area contributed by atoms with Gasteiger partial charge in [0, 0.05) is 38.3 Å². The summed E-state index contributed by atoms with van der Waals surface area (Å²) in [4.78, 5) is 21.4. The lowest BCUT2D eigenvalue weighted by atomic mass is 10.0. The molecule has 1 aliphatic rings. The molecule has 9 nitrogen and oxygen atoms in total. The average Bonchev–Trinajstić information content (AvgIpc) is 3.46. The van der Waals surface area contributed by atoms with Crippen molar-refractivity contribution in [1.29, 1.82) is 0 Å². The maximum absolute atomic E-state index is 13.6. The van der Waals surface area contributed by atoms with Crippen LogP contribution in [0.2, 0.25) is 0 Å². The Bertz CT molecular complexity index is 1660. The third-order valence-corrected chi connectivity index (χ3v) is 7.78. The number of aromatic nitrogens is 5. The molecule has 0 radical (unpaired) electrons. The first-order chi connectivity index (χ1) is 19.6. The van der Waals surface area contributed by atoms with Crippen molar-refractivity contribution in [1.82, 2.24) is 30.1 Å². The van der Waals surface area contributed by atoms with Crippen LogP contribution in [0.1, 0.15) is 28.6 Å². The molecule has 1 N–H and O–H groups in total. The molecule has 204 valence electrons. The molecule has 5 aromatic rings. The standard InChI is InChI=1S/C31H33N7O2/c1-22-9-8-12-24-21-25(31(39)32-28(22)24)29(30-33-34-35-38(30)16-15-23-10-4-3-5-11-23)37-19-17-36(18-20-37)26-13-6-7-14-27(26)40-2/h3-14,21,29H,15-20H2,1-2H3,(H,32,39)/t29-/m1/s1. The van der Waals surface area contributed by atoms with Crippen molar-refractivity contribution >= 4 is 16.6 Å². The molecular weight excluding hydrogens is 502 g/mol. The highest BCUT2D eigenvalue weighted by atomic mass is 16.5. The first-order valence-corrected chi connectivity index (χ1v) is 13.7. The van der Waals surface area contributed by atoms with Crippen molar-refractivity contribution in [3.63, 3.8) is 0 Å². The molecule has 1 aliphatic heterocycles. The number of hydrogen-bond donors (Lipinski definition) is 1. The lowest BCUT2D eigenvalue weighted by Crippen LogP contribution is -2.49. The summed E-state index contributed by atoms with van der Waals surface area (Å²) in [7, 11) is 1.70. The van der Waals surface area contributed by atoms with Crippen LogP contribution in [0.15, 0.2) is 83.7 Å². The third kappa shape index (κ3) is 5.08. The Morgan fingerprint density at radius 2 is 1.73 bits per heavy atom. The van der Waals surface area contributed by atoms with Gasteiger partial charge in [0.05, 0.1) is 18.3 Å². The van der Waals surface area contributed by atoms with Gasteiger partial charge >= 0.3 is 0 Å². The highest BCUT2D eigenvalue weighted by molar-refractivity contribution is 5.82. The molecule has 9 heteroatoms. The van der Waals surface area contributed by atoms with Crippen molar-refractivity contribution in [2.24, 2.45) is 0 Å². The topological polar surface area (TPSA) is 92.2 Å². The summed E-state index contributed by atoms with van der Waals surface area (Å²) >= 11 is 0. The van der Waals surface area contributed by atoms with Gasteiger partial charge in [0.1, 0.15) is 11.8 Å². The normalized spacial score (nSPS) is 14.9. The summed E-state index contributed by atoms with van der Waals surface area (Å²) in [5, 5.41) is 13.9. The van der Waals surface area contributed by atoms with Crippen LogP contribution in [0.4, 0.5) is 5.69 Å². The average molecular weight is 536 g/mol. The summed E-state index contributed by atoms with van der Waals surface area (Å²) in [6.45, 7) is 5.67. The summed E-state index contributed by atoms with van der Waals surface area (Å²) in [5.41, 5.74) is 4.73. The number of tetrazole rings is 1. The largest absolute Gasteiger partial charge is 0.495 e. The molecule has 0 saturated carbocycles. The number of H-pyrrole nitrogens is 1. The van der Waals surface area contributed by atoms with Crippen LogP contribution in [-0.4, -0.2) is 63.4 Å². The van der Waals surface area contributed by atoms with Gasteiger partial charge in [0.2, 0.25) is 0 Å². The second-order valence-corrected chi connectivity index (χ2v) is 10.2. The van der Waals surface area contributed by atoms with Gasteiger partial charge < -0.3 is 14.6 Å². The number of ether oxygens (including phenoxy) is 1. The molecule has 1 saturated heterocycles. The van der Waals surface area contributed by atoms with Crippen LogP contribution in [0.5, 0.6) is 5.75 Å². The third-order valence-electron chi connectivity index (χ3n) is 7.78. The minimum absolute atomic E-state index is 0.114. The van der Waals surface area contributed by atoms with E-state index in [9.17, 15) is 4.79 Å². The zero-order valence-electron chi connectivity index (χ0n) is 22.8. The number of rotatable bonds is 8. The van der Waals surface area contributed by atoms with Gasteiger partial charge in [0.15, 0.2) is 5.82 Å². The predicted octanol–water partition coefficient (Wildman–Crippen LogP) is 3.99. The smallest absolute Gasteiger partial charge is 0.253 e. The number of aromatic amines is 1. The number of nitrogens with one attached hydrogen (secondary N) is 1. The van der Waals surface area contributed by atoms with E-state index in [0.29, 0.717) is 17.9 Å². The minimum atomic E-state index is -0.390. The van der Waals surface area contributed by atoms with E-state index in [-0.39, 0.29) is 11.6 Å². The molecule has 0 amide bonds. The zero-order chi connectivity index (χ0) is 27.5. The van der Waals surface area contributed by atoms with Crippen molar-refractivity contribution < 1.29 is 4.74 Å². The van der Waals surface area contributed by atoms with Crippen molar-refractivity contribution in [3.05, 3.63) is 112 Å². The van der Waals surface area contributed by atoms with Crippen LogP contribution in [0.25, 0.3) is 10.9 Å². The molecule has 3 aromatic carbocycles. The second-order valence-electron chi connectivity index (χ2n) is 10.2. The fourth-order valence-corrected chi connectivity index (χ4v) is 5.66. The Labute approximate surface area is 233 Å². The van der Waals surface area contributed by atoms with E-state index in [2.05, 4.69) is 48.5 Å². The fraction of sp³-hybridized carbons (Fsp3) is 0.290. The highest BCUT2D eigenvalue weighted by Crippen LogP contribution is 2.32. The second kappa shape index (κ2) is 11.3. The van der Waals surface area contributed by atoms with Gasteiger partial charge in [-0.2, -0.15) is 0 Å². The number of pyridine rings is 1. The van der Waals surface area contributed by atoms with Crippen LogP contribution < -0.4 is 15.2 Å². The van der Waals surface area contributed by atoms with E-state index in [0.717, 1.165) is 60.5 Å². The van der Waals surface area contributed by atoms with E-state index >= 15 is 0 Å². The number of fused-ring (bicyclic) bond motifs is 1. The Hall–Kier alpha value is -4.50. The van der Waals surface area contributed by atoms with Crippen molar-refractivity contribution in [3.8, 4) is 5.75 Å². The fourth-order valence-electron chi connectivity index (χ4n) is 5.66. The molecule has 40 heavy (non-hydrogen) atoms. The quantitative estimate of drug-likeness (QED) is 0.321. The van der Waals surface area contributed by atoms with Crippen molar-refractivity contribution in [2.75, 3.05) is 38.2 Å². The number of nitrogens with zero attached hydrogens (tertiary/aromatic N) is 6. The highest BCUT2D eigenvalue weighted by Gasteiger charge is 2.33. The van der Waals surface area contributed by atoms with Gasteiger partial charge in [0.25, 0.3) is 5.56 Å². The number of para-hydroxylation sites is 3. The van der Waals surface area contributed by atoms with Crippen LogP contribution in [0, 0.1) is 6.92 Å². The molecular formula is C31H33N7O2. The molecule has 0 aliphatic carbocycles. The lowest BCUT2D eigenvalue weighted by Gasteiger charge is -2.40. The van der Waals surface area contributed by atoms with Gasteiger partial charge in [-0.25, -0.2) is 4.68 Å². The number of methoxy groups -OCH3 is 1. The molecule has 1 fully saturated rings. The Balaban J connectivity index is 1.35. The molecule has 0 spiro atoms. The molecule has 3 heterocycles. The van der Waals surface area contributed by atoms with E-state index < -0.39 is 0 Å². The number of anilines is 1. The summed E-state index contributed by atoms with van der Waals surface area (Å²) < 4.78 is 7.47. The summed E-state index contributed by atoms with van der Waals surface area (Å²) in [5.74, 6) is 1.54. The van der Waals surface area contributed by atoms with Crippen molar-refractivity contribution in [2.45, 2.75) is 25.9 Å². The van der Waals surface area contributed by atoms with E-state index in [4.69, 9.17) is 4.74 Å². The predicted molar refractivity (Wildman–Crippen MR) is 156 cm³/mol. The maximum Gasteiger partial charge on any atom is 0.253 e. The van der Waals surface area contributed by atoms with E-state index in [1.807, 2.05) is 72.3 Å². The first kappa shape index (κ1) is 25.8. The number of hydrogen-bond acceptors (Lipinski definition) is 7. The van der Waals surface area contributed by atoms with Crippen LogP contribution >= 0.6 is 0 Å². The molecule has 0 bridgehead atoms. The van der Waals surface area contributed by atoms with Gasteiger partial charge in [-0.05, 0) is 58.5 Å². The summed E-state index contributed by atoms with van der Waals surface area (Å²) in [6.07, 6.45) is 0.792. The maximum atomic E-state index is 13.6. The van der Waals surface area contributed by atoms with Crippen LogP contribution in [-0.2, 0) is 13.0 Å². The zero-order valence-corrected chi connectivity index (χ0v) is 22.8. The van der Waals surface area contributed by atoms with Gasteiger partial charge in [-0.15, -0.1) is 5.10 Å². The van der Waals surface area contributed by atoms with Crippen LogP contribution in [0.3, 0.4) is 0 Å². The SMILES string of the molecule is COc1ccccc1N1CCN([C@H](c2cc3cccc(C)c3[nH]c2=O)c2nnnn2CCc2ccccc2)CC1.